The van der Waals surface area contributed by atoms with Crippen molar-refractivity contribution in [3.8, 4) is 0 Å². The summed E-state index contributed by atoms with van der Waals surface area (Å²) in [4.78, 5) is 11.7. The van der Waals surface area contributed by atoms with Gasteiger partial charge >= 0.3 is 0 Å². The maximum absolute atomic E-state index is 11.7. The van der Waals surface area contributed by atoms with Crippen molar-refractivity contribution in [1.82, 2.24) is 5.32 Å². The van der Waals surface area contributed by atoms with Crippen molar-refractivity contribution >= 4 is 17.2 Å². The molecule has 1 unspecified atom stereocenters. The Hall–Kier alpha value is -1.13. The average Bonchev–Trinajstić information content (AvgIpc) is 2.98. The molecule has 1 aliphatic rings. The summed E-state index contributed by atoms with van der Waals surface area (Å²) in [6.45, 7) is 0.268. The molecule has 2 rings (SSSR count). The van der Waals surface area contributed by atoms with E-state index >= 15 is 0 Å². The van der Waals surface area contributed by atoms with Gasteiger partial charge in [-0.25, -0.2) is 0 Å². The second-order valence-corrected chi connectivity index (χ2v) is 5.85. The van der Waals surface area contributed by atoms with Gasteiger partial charge in [-0.05, 0) is 47.2 Å². The van der Waals surface area contributed by atoms with Gasteiger partial charge in [0, 0.05) is 6.54 Å². The normalized spacial score (nSPS) is 18.6. The van der Waals surface area contributed by atoms with Gasteiger partial charge in [-0.1, -0.05) is 25.3 Å². The molecule has 0 spiro atoms. The first-order chi connectivity index (χ1) is 9.25. The number of aliphatic hydroxyl groups excluding tert-OH is 1. The fraction of sp³-hybridized carbons (Fsp3) is 0.533. The Balaban J connectivity index is 1.70. The molecule has 0 saturated heterocycles. The lowest BCUT2D eigenvalue weighted by Crippen LogP contribution is -2.26. The number of carbonyl (C=O) groups is 1. The van der Waals surface area contributed by atoms with E-state index in [4.69, 9.17) is 0 Å². The van der Waals surface area contributed by atoms with E-state index in [-0.39, 0.29) is 12.5 Å². The zero-order valence-electron chi connectivity index (χ0n) is 11.0. The van der Waals surface area contributed by atoms with Gasteiger partial charge in [0.2, 0.25) is 5.91 Å². The highest BCUT2D eigenvalue weighted by Crippen LogP contribution is 2.24. The smallest absolute Gasteiger partial charge is 0.243 e. The maximum Gasteiger partial charge on any atom is 0.243 e. The molecular formula is C15H21NO2S. The van der Waals surface area contributed by atoms with Crippen molar-refractivity contribution < 1.29 is 9.90 Å². The molecule has 1 saturated carbocycles. The third-order valence-corrected chi connectivity index (χ3v) is 4.27. The summed E-state index contributed by atoms with van der Waals surface area (Å²) < 4.78 is 0. The van der Waals surface area contributed by atoms with Crippen molar-refractivity contribution in [3.05, 3.63) is 34.5 Å². The van der Waals surface area contributed by atoms with Gasteiger partial charge in [0.05, 0.1) is 6.10 Å². The Bertz CT molecular complexity index is 408. The molecule has 1 atom stereocenters. The van der Waals surface area contributed by atoms with Crippen LogP contribution in [-0.2, 0) is 4.79 Å². The Morgan fingerprint density at radius 1 is 1.47 bits per heavy atom. The summed E-state index contributed by atoms with van der Waals surface area (Å²) in [5, 5.41) is 16.4. The number of nitrogens with one attached hydrogen (secondary N) is 1. The van der Waals surface area contributed by atoms with Crippen LogP contribution in [0.1, 0.15) is 43.8 Å². The second kappa shape index (κ2) is 7.46. The van der Waals surface area contributed by atoms with Crippen molar-refractivity contribution in [2.24, 2.45) is 5.92 Å². The van der Waals surface area contributed by atoms with Crippen LogP contribution in [0.2, 0.25) is 0 Å². The molecule has 1 amide bonds. The van der Waals surface area contributed by atoms with Crippen LogP contribution in [0.5, 0.6) is 0 Å². The van der Waals surface area contributed by atoms with Gasteiger partial charge in [0.1, 0.15) is 0 Å². The summed E-state index contributed by atoms with van der Waals surface area (Å²) >= 11 is 1.54. The number of amides is 1. The van der Waals surface area contributed by atoms with Gasteiger partial charge < -0.3 is 10.4 Å². The molecule has 1 aliphatic carbocycles. The summed E-state index contributed by atoms with van der Waals surface area (Å²) in [5.74, 6) is 0.446. The minimum absolute atomic E-state index is 0.111. The van der Waals surface area contributed by atoms with E-state index in [0.29, 0.717) is 5.92 Å². The SMILES string of the molecule is O=C(/C=C/C1CCCCC1)NCC(O)c1ccsc1. The number of rotatable bonds is 5. The molecule has 104 valence electrons. The summed E-state index contributed by atoms with van der Waals surface area (Å²) in [6.07, 6.45) is 9.28. The highest BCUT2D eigenvalue weighted by molar-refractivity contribution is 7.07. The first kappa shape index (κ1) is 14.3. The largest absolute Gasteiger partial charge is 0.387 e. The number of aliphatic hydroxyl groups is 1. The van der Waals surface area contributed by atoms with Crippen LogP contribution >= 0.6 is 11.3 Å². The zero-order chi connectivity index (χ0) is 13.5. The fourth-order valence-electron chi connectivity index (χ4n) is 2.39. The van der Waals surface area contributed by atoms with E-state index in [1.54, 1.807) is 17.4 Å². The lowest BCUT2D eigenvalue weighted by atomic mass is 9.89. The van der Waals surface area contributed by atoms with E-state index in [0.717, 1.165) is 5.56 Å². The summed E-state index contributed by atoms with van der Waals surface area (Å²) in [6, 6.07) is 1.87. The van der Waals surface area contributed by atoms with E-state index in [9.17, 15) is 9.90 Å². The Kier molecular flexibility index (Phi) is 5.61. The summed E-state index contributed by atoms with van der Waals surface area (Å²) in [7, 11) is 0. The molecule has 0 aromatic carbocycles. The lowest BCUT2D eigenvalue weighted by Gasteiger charge is -2.17. The van der Waals surface area contributed by atoms with Gasteiger partial charge in [-0.15, -0.1) is 0 Å². The average molecular weight is 279 g/mol. The molecule has 1 aromatic rings. The second-order valence-electron chi connectivity index (χ2n) is 5.07. The lowest BCUT2D eigenvalue weighted by molar-refractivity contribution is -0.117. The van der Waals surface area contributed by atoms with Crippen molar-refractivity contribution in [2.75, 3.05) is 6.54 Å². The van der Waals surface area contributed by atoms with E-state index < -0.39 is 6.10 Å². The third-order valence-electron chi connectivity index (χ3n) is 3.57. The molecular weight excluding hydrogens is 258 g/mol. The Morgan fingerprint density at radius 2 is 2.26 bits per heavy atom. The van der Waals surface area contributed by atoms with Gasteiger partial charge in [-0.3, -0.25) is 4.79 Å². The first-order valence-corrected chi connectivity index (χ1v) is 7.86. The quantitative estimate of drug-likeness (QED) is 0.814. The Morgan fingerprint density at radius 3 is 2.95 bits per heavy atom. The monoisotopic (exact) mass is 279 g/mol. The topological polar surface area (TPSA) is 49.3 Å². The van der Waals surface area contributed by atoms with Crippen molar-refractivity contribution in [3.63, 3.8) is 0 Å². The fourth-order valence-corrected chi connectivity index (χ4v) is 3.10. The molecule has 1 aromatic heterocycles. The molecule has 2 N–H and O–H groups in total. The van der Waals surface area contributed by atoms with Crippen LogP contribution in [0, 0.1) is 5.92 Å². The third kappa shape index (κ3) is 4.80. The van der Waals surface area contributed by atoms with Crippen LogP contribution in [-0.4, -0.2) is 17.6 Å². The number of allylic oxidation sites excluding steroid dienone is 1. The first-order valence-electron chi connectivity index (χ1n) is 6.92. The number of carbonyl (C=O) groups excluding carboxylic acids is 1. The van der Waals surface area contributed by atoms with Crippen LogP contribution in [0.25, 0.3) is 0 Å². The van der Waals surface area contributed by atoms with Crippen LogP contribution in [0.4, 0.5) is 0 Å². The van der Waals surface area contributed by atoms with E-state index in [2.05, 4.69) is 5.32 Å². The van der Waals surface area contributed by atoms with Crippen molar-refractivity contribution in [1.29, 1.82) is 0 Å². The standard InChI is InChI=1S/C15H21NO2S/c17-14(13-8-9-19-11-13)10-16-15(18)7-6-12-4-2-1-3-5-12/h6-9,11-12,14,17H,1-5,10H2,(H,16,18)/b7-6+. The number of thiophene rings is 1. The molecule has 0 bridgehead atoms. The molecule has 0 aliphatic heterocycles. The minimum atomic E-state index is -0.613. The predicted molar refractivity (Wildman–Crippen MR) is 78.0 cm³/mol. The number of hydrogen-bond acceptors (Lipinski definition) is 3. The van der Waals surface area contributed by atoms with E-state index in [1.165, 1.54) is 32.1 Å². The van der Waals surface area contributed by atoms with Gasteiger partial charge in [0.15, 0.2) is 0 Å². The minimum Gasteiger partial charge on any atom is -0.387 e. The molecule has 1 fully saturated rings. The number of hydrogen-bond donors (Lipinski definition) is 2. The molecule has 0 radical (unpaired) electrons. The van der Waals surface area contributed by atoms with Crippen LogP contribution in [0.15, 0.2) is 29.0 Å². The molecule has 1 heterocycles. The molecule has 3 nitrogen and oxygen atoms in total. The maximum atomic E-state index is 11.7. The highest BCUT2D eigenvalue weighted by atomic mass is 32.1. The molecule has 4 heteroatoms. The zero-order valence-corrected chi connectivity index (χ0v) is 11.9. The van der Waals surface area contributed by atoms with Gasteiger partial charge in [-0.2, -0.15) is 11.3 Å². The Labute approximate surface area is 118 Å². The van der Waals surface area contributed by atoms with E-state index in [1.807, 2.05) is 22.9 Å². The van der Waals surface area contributed by atoms with Crippen LogP contribution < -0.4 is 5.32 Å². The van der Waals surface area contributed by atoms with Gasteiger partial charge in [0.25, 0.3) is 0 Å². The molecule has 19 heavy (non-hydrogen) atoms. The highest BCUT2D eigenvalue weighted by Gasteiger charge is 2.11. The summed E-state index contributed by atoms with van der Waals surface area (Å²) in [5.41, 5.74) is 0.863. The van der Waals surface area contributed by atoms with Crippen molar-refractivity contribution in [2.45, 2.75) is 38.2 Å². The predicted octanol–water partition coefficient (Wildman–Crippen LogP) is 3.03. The van der Waals surface area contributed by atoms with Crippen LogP contribution in [0.3, 0.4) is 0 Å².